The van der Waals surface area contributed by atoms with E-state index in [-0.39, 0.29) is 0 Å². The van der Waals surface area contributed by atoms with E-state index in [1.165, 1.54) is 5.56 Å². The summed E-state index contributed by atoms with van der Waals surface area (Å²) in [6, 6.07) is 13.9. The van der Waals surface area contributed by atoms with Gasteiger partial charge in [-0.25, -0.2) is 0 Å². The molecule has 0 aliphatic heterocycles. The van der Waals surface area contributed by atoms with Gasteiger partial charge in [0.05, 0.1) is 11.1 Å². The Morgan fingerprint density at radius 1 is 1.05 bits per heavy atom. The SMILES string of the molecule is Nc1cccc(CCCOc2ccc(Br)cc2Br)c1. The van der Waals surface area contributed by atoms with Gasteiger partial charge in [-0.05, 0) is 64.7 Å². The first kappa shape index (κ1) is 14.4. The van der Waals surface area contributed by atoms with Gasteiger partial charge < -0.3 is 10.5 Å². The molecule has 2 rings (SSSR count). The zero-order valence-electron chi connectivity index (χ0n) is 10.4. The lowest BCUT2D eigenvalue weighted by molar-refractivity contribution is 0.309. The van der Waals surface area contributed by atoms with Crippen LogP contribution in [0.25, 0.3) is 0 Å². The minimum Gasteiger partial charge on any atom is -0.492 e. The summed E-state index contributed by atoms with van der Waals surface area (Å²) in [5.41, 5.74) is 7.81. The van der Waals surface area contributed by atoms with Crippen LogP contribution in [0.5, 0.6) is 5.75 Å². The standard InChI is InChI=1S/C15H15Br2NO/c16-12-6-7-15(14(17)10-12)19-8-2-4-11-3-1-5-13(18)9-11/h1,3,5-7,9-10H,2,4,8,18H2. The number of nitrogen functional groups attached to an aromatic ring is 1. The average Bonchev–Trinajstić information content (AvgIpc) is 2.37. The molecule has 2 aromatic rings. The summed E-state index contributed by atoms with van der Waals surface area (Å²) in [6.45, 7) is 0.690. The summed E-state index contributed by atoms with van der Waals surface area (Å²) in [5.74, 6) is 0.871. The van der Waals surface area contributed by atoms with Crippen molar-refractivity contribution in [3.8, 4) is 5.75 Å². The minimum absolute atomic E-state index is 0.690. The van der Waals surface area contributed by atoms with E-state index >= 15 is 0 Å². The highest BCUT2D eigenvalue weighted by atomic mass is 79.9. The fraction of sp³-hybridized carbons (Fsp3) is 0.200. The number of rotatable bonds is 5. The van der Waals surface area contributed by atoms with Crippen LogP contribution in [-0.2, 0) is 6.42 Å². The van der Waals surface area contributed by atoms with Gasteiger partial charge in [-0.15, -0.1) is 0 Å². The predicted molar refractivity (Wildman–Crippen MR) is 86.5 cm³/mol. The third kappa shape index (κ3) is 4.55. The lowest BCUT2D eigenvalue weighted by Crippen LogP contribution is -2.00. The molecular formula is C15H15Br2NO. The highest BCUT2D eigenvalue weighted by Gasteiger charge is 2.01. The van der Waals surface area contributed by atoms with E-state index in [0.29, 0.717) is 6.61 Å². The molecule has 0 fully saturated rings. The van der Waals surface area contributed by atoms with Gasteiger partial charge in [-0.3, -0.25) is 0 Å². The van der Waals surface area contributed by atoms with Gasteiger partial charge in [0, 0.05) is 10.2 Å². The van der Waals surface area contributed by atoms with E-state index in [0.717, 1.165) is 33.2 Å². The molecule has 0 atom stereocenters. The number of ether oxygens (including phenoxy) is 1. The second kappa shape index (κ2) is 6.96. The first-order valence-corrected chi connectivity index (χ1v) is 7.66. The van der Waals surface area contributed by atoms with Crippen molar-refractivity contribution in [2.45, 2.75) is 12.8 Å². The summed E-state index contributed by atoms with van der Waals surface area (Å²) >= 11 is 6.90. The van der Waals surface area contributed by atoms with Crippen LogP contribution in [0.15, 0.2) is 51.4 Å². The first-order valence-electron chi connectivity index (χ1n) is 6.07. The second-order valence-electron chi connectivity index (χ2n) is 4.27. The van der Waals surface area contributed by atoms with Crippen LogP contribution < -0.4 is 10.5 Å². The van der Waals surface area contributed by atoms with Gasteiger partial charge >= 0.3 is 0 Å². The molecule has 0 saturated carbocycles. The molecule has 2 nitrogen and oxygen atoms in total. The van der Waals surface area contributed by atoms with Crippen LogP contribution >= 0.6 is 31.9 Å². The largest absolute Gasteiger partial charge is 0.492 e. The molecule has 0 radical (unpaired) electrons. The molecule has 0 bridgehead atoms. The molecule has 0 aromatic heterocycles. The lowest BCUT2D eigenvalue weighted by Gasteiger charge is -2.08. The quantitative estimate of drug-likeness (QED) is 0.593. The third-order valence-corrected chi connectivity index (χ3v) is 3.83. The Balaban J connectivity index is 1.81. The topological polar surface area (TPSA) is 35.2 Å². The van der Waals surface area contributed by atoms with Gasteiger partial charge in [0.15, 0.2) is 0 Å². The van der Waals surface area contributed by atoms with E-state index in [1.54, 1.807) is 0 Å². The highest BCUT2D eigenvalue weighted by molar-refractivity contribution is 9.11. The summed E-state index contributed by atoms with van der Waals surface area (Å²) < 4.78 is 7.74. The smallest absolute Gasteiger partial charge is 0.133 e. The van der Waals surface area contributed by atoms with E-state index in [1.807, 2.05) is 36.4 Å². The van der Waals surface area contributed by atoms with Crippen LogP contribution in [0, 0.1) is 0 Å². The van der Waals surface area contributed by atoms with Crippen molar-refractivity contribution in [1.82, 2.24) is 0 Å². The van der Waals surface area contributed by atoms with Gasteiger partial charge in [-0.2, -0.15) is 0 Å². The van der Waals surface area contributed by atoms with E-state index in [4.69, 9.17) is 10.5 Å². The molecule has 2 aromatic carbocycles. The van der Waals surface area contributed by atoms with Gasteiger partial charge in [0.1, 0.15) is 5.75 Å². The molecule has 0 aliphatic carbocycles. The number of aryl methyl sites for hydroxylation is 1. The van der Waals surface area contributed by atoms with Crippen LogP contribution in [0.2, 0.25) is 0 Å². The number of hydrogen-bond acceptors (Lipinski definition) is 2. The second-order valence-corrected chi connectivity index (χ2v) is 6.04. The zero-order valence-corrected chi connectivity index (χ0v) is 13.6. The first-order chi connectivity index (χ1) is 9.15. The van der Waals surface area contributed by atoms with Crippen LogP contribution in [-0.4, -0.2) is 6.61 Å². The molecule has 0 unspecified atom stereocenters. The fourth-order valence-electron chi connectivity index (χ4n) is 1.80. The molecule has 0 amide bonds. The van der Waals surface area contributed by atoms with Crippen molar-refractivity contribution in [1.29, 1.82) is 0 Å². The summed E-state index contributed by atoms with van der Waals surface area (Å²) in [5, 5.41) is 0. The van der Waals surface area contributed by atoms with Crippen LogP contribution in [0.4, 0.5) is 5.69 Å². The maximum Gasteiger partial charge on any atom is 0.133 e. The number of halogens is 2. The van der Waals surface area contributed by atoms with Gasteiger partial charge in [0.25, 0.3) is 0 Å². The lowest BCUT2D eigenvalue weighted by atomic mass is 10.1. The van der Waals surface area contributed by atoms with Crippen LogP contribution in [0.3, 0.4) is 0 Å². The molecule has 0 saturated heterocycles. The van der Waals surface area contributed by atoms with Crippen molar-refractivity contribution in [3.05, 3.63) is 57.0 Å². The number of benzene rings is 2. The Morgan fingerprint density at radius 2 is 1.89 bits per heavy atom. The average molecular weight is 385 g/mol. The van der Waals surface area contributed by atoms with Crippen molar-refractivity contribution in [2.24, 2.45) is 0 Å². The molecule has 0 aliphatic rings. The van der Waals surface area contributed by atoms with Crippen molar-refractivity contribution in [3.63, 3.8) is 0 Å². The summed E-state index contributed by atoms with van der Waals surface area (Å²) in [6.07, 6.45) is 1.94. The minimum atomic E-state index is 0.690. The maximum atomic E-state index is 5.75. The molecule has 0 spiro atoms. The van der Waals surface area contributed by atoms with E-state index in [2.05, 4.69) is 37.9 Å². The molecule has 100 valence electrons. The van der Waals surface area contributed by atoms with Crippen LogP contribution in [0.1, 0.15) is 12.0 Å². The predicted octanol–water partition coefficient (Wildman–Crippen LogP) is 4.81. The fourth-order valence-corrected chi connectivity index (χ4v) is 2.96. The highest BCUT2D eigenvalue weighted by Crippen LogP contribution is 2.28. The normalized spacial score (nSPS) is 10.4. The molecule has 4 heteroatoms. The van der Waals surface area contributed by atoms with Gasteiger partial charge in [-0.1, -0.05) is 28.1 Å². The molecule has 19 heavy (non-hydrogen) atoms. The summed E-state index contributed by atoms with van der Waals surface area (Å²) in [7, 11) is 0. The molecule has 2 N–H and O–H groups in total. The monoisotopic (exact) mass is 383 g/mol. The van der Waals surface area contributed by atoms with Crippen molar-refractivity contribution >= 4 is 37.5 Å². The zero-order chi connectivity index (χ0) is 13.7. The van der Waals surface area contributed by atoms with Gasteiger partial charge in [0.2, 0.25) is 0 Å². The van der Waals surface area contributed by atoms with E-state index < -0.39 is 0 Å². The Morgan fingerprint density at radius 3 is 2.63 bits per heavy atom. The summed E-state index contributed by atoms with van der Waals surface area (Å²) in [4.78, 5) is 0. The Kier molecular flexibility index (Phi) is 5.28. The number of hydrogen-bond donors (Lipinski definition) is 1. The Labute approximate surface area is 130 Å². The number of nitrogens with two attached hydrogens (primary N) is 1. The Bertz CT molecular complexity index is 558. The third-order valence-electron chi connectivity index (χ3n) is 2.71. The van der Waals surface area contributed by atoms with Crippen molar-refractivity contribution < 1.29 is 4.74 Å². The Hall–Kier alpha value is -1.000. The molecule has 0 heterocycles. The molecular weight excluding hydrogens is 370 g/mol. The maximum absolute atomic E-state index is 5.75. The van der Waals surface area contributed by atoms with E-state index in [9.17, 15) is 0 Å². The number of anilines is 1. The van der Waals surface area contributed by atoms with Crippen molar-refractivity contribution in [2.75, 3.05) is 12.3 Å².